The van der Waals surface area contributed by atoms with Crippen molar-refractivity contribution in [2.24, 2.45) is 5.92 Å². The van der Waals surface area contributed by atoms with Crippen molar-refractivity contribution in [3.63, 3.8) is 0 Å². The van der Waals surface area contributed by atoms with Gasteiger partial charge in [0.15, 0.2) is 0 Å². The van der Waals surface area contributed by atoms with E-state index in [4.69, 9.17) is 4.74 Å². The number of carbonyl (C=O) groups excluding carboxylic acids is 1. The molecule has 1 aliphatic carbocycles. The second-order valence-corrected chi connectivity index (χ2v) is 13.7. The van der Waals surface area contributed by atoms with Crippen LogP contribution in [-0.2, 0) is 14.8 Å². The van der Waals surface area contributed by atoms with E-state index in [0.29, 0.717) is 16.9 Å². The van der Waals surface area contributed by atoms with Gasteiger partial charge in [-0.1, -0.05) is 0 Å². The minimum absolute atomic E-state index is 0.0751. The maximum absolute atomic E-state index is 13.2. The second-order valence-electron chi connectivity index (χ2n) is 11.7. The largest absolute Gasteiger partial charge is 0.497 e. The molecule has 1 aromatic rings. The van der Waals surface area contributed by atoms with Gasteiger partial charge >= 0.3 is 0 Å². The summed E-state index contributed by atoms with van der Waals surface area (Å²) in [6.07, 6.45) is 10.3. The van der Waals surface area contributed by atoms with Crippen molar-refractivity contribution in [2.45, 2.75) is 88.6 Å². The molecule has 3 fully saturated rings. The molecule has 1 saturated carbocycles. The van der Waals surface area contributed by atoms with Gasteiger partial charge in [0.05, 0.1) is 12.0 Å². The molecule has 1 aromatic carbocycles. The Kier molecular flexibility index (Phi) is 10.1. The summed E-state index contributed by atoms with van der Waals surface area (Å²) in [5.74, 6) is 1.38. The molecule has 9 heteroatoms. The number of hydrogen-bond donors (Lipinski definition) is 1. The summed E-state index contributed by atoms with van der Waals surface area (Å²) < 4.78 is 33.0. The van der Waals surface area contributed by atoms with E-state index in [9.17, 15) is 13.2 Å². The summed E-state index contributed by atoms with van der Waals surface area (Å²) in [5, 5.41) is 3.16. The Bertz CT molecular complexity index is 1020. The molecule has 0 atom stereocenters. The standard InChI is InChI=1S/C29H48N4O4S/c1-22-19-27(37-4)20-23(2)29(22)38(35,36)31(3)16-13-28(34)30-25-11-17-32(18-12-25)21-24-7-9-26(10-8-24)33-14-5-6-15-33/h19-20,24-26H,5-18,21H2,1-4H3,(H,30,34). The summed E-state index contributed by atoms with van der Waals surface area (Å²) in [5.41, 5.74) is 1.29. The van der Waals surface area contributed by atoms with Gasteiger partial charge in [-0.15, -0.1) is 0 Å². The van der Waals surface area contributed by atoms with Gasteiger partial charge in [-0.05, 0) is 107 Å². The van der Waals surface area contributed by atoms with Crippen molar-refractivity contribution in [3.8, 4) is 5.75 Å². The van der Waals surface area contributed by atoms with Crippen LogP contribution >= 0.6 is 0 Å². The average Bonchev–Trinajstić information content (AvgIpc) is 3.43. The monoisotopic (exact) mass is 548 g/mol. The van der Waals surface area contributed by atoms with Crippen molar-refractivity contribution >= 4 is 15.9 Å². The van der Waals surface area contributed by atoms with Crippen molar-refractivity contribution < 1.29 is 17.9 Å². The van der Waals surface area contributed by atoms with Crippen LogP contribution in [0.1, 0.15) is 68.9 Å². The number of piperidine rings is 1. The molecule has 0 bridgehead atoms. The first-order valence-corrected chi connectivity index (χ1v) is 16.0. The molecule has 0 spiro atoms. The lowest BCUT2D eigenvalue weighted by atomic mass is 9.84. The number of carbonyl (C=O) groups is 1. The highest BCUT2D eigenvalue weighted by atomic mass is 32.2. The van der Waals surface area contributed by atoms with Crippen molar-refractivity contribution in [1.82, 2.24) is 19.4 Å². The van der Waals surface area contributed by atoms with Crippen LogP contribution in [0.2, 0.25) is 0 Å². The Labute approximate surface area is 230 Å². The number of nitrogens with one attached hydrogen (secondary N) is 1. The topological polar surface area (TPSA) is 82.2 Å². The predicted octanol–water partition coefficient (Wildman–Crippen LogP) is 3.56. The van der Waals surface area contributed by atoms with Crippen LogP contribution in [0.25, 0.3) is 0 Å². The zero-order valence-electron chi connectivity index (χ0n) is 23.9. The van der Waals surface area contributed by atoms with Crippen LogP contribution in [0.4, 0.5) is 0 Å². The molecule has 214 valence electrons. The molecule has 2 aliphatic heterocycles. The van der Waals surface area contributed by atoms with Crippen LogP contribution < -0.4 is 10.1 Å². The van der Waals surface area contributed by atoms with Crippen molar-refractivity contribution in [3.05, 3.63) is 23.3 Å². The van der Waals surface area contributed by atoms with Crippen LogP contribution in [-0.4, -0.2) is 93.9 Å². The molecule has 38 heavy (non-hydrogen) atoms. The minimum Gasteiger partial charge on any atom is -0.497 e. The maximum Gasteiger partial charge on any atom is 0.243 e. The number of amides is 1. The molecule has 0 unspecified atom stereocenters. The lowest BCUT2D eigenvalue weighted by Crippen LogP contribution is -2.47. The van der Waals surface area contributed by atoms with E-state index in [1.54, 1.807) is 40.1 Å². The first-order valence-electron chi connectivity index (χ1n) is 14.5. The van der Waals surface area contributed by atoms with Gasteiger partial charge in [-0.3, -0.25) is 4.79 Å². The van der Waals surface area contributed by atoms with Gasteiger partial charge in [-0.2, -0.15) is 0 Å². The number of rotatable bonds is 10. The molecule has 1 N–H and O–H groups in total. The van der Waals surface area contributed by atoms with E-state index in [-0.39, 0.29) is 29.8 Å². The van der Waals surface area contributed by atoms with E-state index >= 15 is 0 Å². The number of benzene rings is 1. The Morgan fingerprint density at radius 1 is 1.00 bits per heavy atom. The van der Waals surface area contributed by atoms with E-state index in [2.05, 4.69) is 15.1 Å². The minimum atomic E-state index is -3.70. The number of nitrogens with zero attached hydrogens (tertiary/aromatic N) is 3. The molecule has 0 aromatic heterocycles. The quantitative estimate of drug-likeness (QED) is 0.482. The number of methoxy groups -OCH3 is 1. The molecule has 8 nitrogen and oxygen atoms in total. The molecule has 4 rings (SSSR count). The smallest absolute Gasteiger partial charge is 0.243 e. The number of sulfonamides is 1. The molecular formula is C29H48N4O4S. The predicted molar refractivity (Wildman–Crippen MR) is 151 cm³/mol. The zero-order valence-corrected chi connectivity index (χ0v) is 24.7. The lowest BCUT2D eigenvalue weighted by molar-refractivity contribution is -0.122. The van der Waals surface area contributed by atoms with Crippen LogP contribution in [0.15, 0.2) is 17.0 Å². The second kappa shape index (κ2) is 13.1. The van der Waals surface area contributed by atoms with Crippen molar-refractivity contribution in [2.75, 3.05) is 53.4 Å². The fraction of sp³-hybridized carbons (Fsp3) is 0.759. The highest BCUT2D eigenvalue weighted by molar-refractivity contribution is 7.89. The summed E-state index contributed by atoms with van der Waals surface area (Å²) in [4.78, 5) is 18.3. The number of ether oxygens (including phenoxy) is 1. The van der Waals surface area contributed by atoms with Crippen LogP contribution in [0.3, 0.4) is 0 Å². The van der Waals surface area contributed by atoms with E-state index in [0.717, 1.165) is 37.9 Å². The zero-order chi connectivity index (χ0) is 27.3. The van der Waals surface area contributed by atoms with Gasteiger partial charge in [0, 0.05) is 51.7 Å². The van der Waals surface area contributed by atoms with E-state index in [1.165, 1.54) is 62.5 Å². The van der Waals surface area contributed by atoms with Gasteiger partial charge in [0.2, 0.25) is 15.9 Å². The lowest BCUT2D eigenvalue weighted by Gasteiger charge is -2.38. The van der Waals surface area contributed by atoms with E-state index in [1.807, 2.05) is 0 Å². The van der Waals surface area contributed by atoms with Gasteiger partial charge in [-0.25, -0.2) is 12.7 Å². The summed E-state index contributed by atoms with van der Waals surface area (Å²) in [7, 11) is -0.584. The Morgan fingerprint density at radius 2 is 1.61 bits per heavy atom. The molecule has 2 saturated heterocycles. The Balaban J connectivity index is 1.16. The molecule has 1 amide bonds. The summed E-state index contributed by atoms with van der Waals surface area (Å²) in [6, 6.07) is 4.46. The fourth-order valence-electron chi connectivity index (χ4n) is 6.69. The van der Waals surface area contributed by atoms with E-state index < -0.39 is 10.0 Å². The molecular weight excluding hydrogens is 500 g/mol. The van der Waals surface area contributed by atoms with Gasteiger partial charge in [0.25, 0.3) is 0 Å². The number of likely N-dealkylation sites (tertiary alicyclic amines) is 2. The Hall–Kier alpha value is -1.68. The summed E-state index contributed by atoms with van der Waals surface area (Å²) in [6.45, 7) is 9.57. The third-order valence-corrected chi connectivity index (χ3v) is 11.1. The average molecular weight is 549 g/mol. The van der Waals surface area contributed by atoms with Gasteiger partial charge in [0.1, 0.15) is 5.75 Å². The van der Waals surface area contributed by atoms with Crippen molar-refractivity contribution in [1.29, 1.82) is 0 Å². The van der Waals surface area contributed by atoms with Crippen LogP contribution in [0, 0.1) is 19.8 Å². The summed E-state index contributed by atoms with van der Waals surface area (Å²) >= 11 is 0. The molecule has 0 radical (unpaired) electrons. The third kappa shape index (κ3) is 7.29. The highest BCUT2D eigenvalue weighted by Crippen LogP contribution is 2.31. The third-order valence-electron chi connectivity index (χ3n) is 8.93. The van der Waals surface area contributed by atoms with Gasteiger partial charge < -0.3 is 19.9 Å². The Morgan fingerprint density at radius 3 is 2.18 bits per heavy atom. The maximum atomic E-state index is 13.2. The molecule has 3 aliphatic rings. The van der Waals surface area contributed by atoms with Crippen LogP contribution in [0.5, 0.6) is 5.75 Å². The first-order chi connectivity index (χ1) is 18.2. The fourth-order valence-corrected chi connectivity index (χ4v) is 8.27. The SMILES string of the molecule is COc1cc(C)c(S(=O)(=O)N(C)CCC(=O)NC2CCN(CC3CCC(N4CCCC4)CC3)CC2)c(C)c1. The first kappa shape index (κ1) is 29.3. The molecule has 2 heterocycles. The number of hydrogen-bond acceptors (Lipinski definition) is 6. The number of aryl methyl sites for hydroxylation is 2. The highest BCUT2D eigenvalue weighted by Gasteiger charge is 2.30. The normalized spacial score (nSPS) is 24.1.